The fourth-order valence-corrected chi connectivity index (χ4v) is 5.06. The number of piperidine rings is 1. The number of carbonyl (C=O) groups is 2. The molecular formula is C26H32N4O4. The van der Waals surface area contributed by atoms with E-state index in [1.807, 2.05) is 0 Å². The Bertz CT molecular complexity index is 1070. The normalized spacial score (nSPS) is 18.2. The third-order valence-electron chi connectivity index (χ3n) is 6.91. The number of anilines is 2. The highest BCUT2D eigenvalue weighted by Gasteiger charge is 2.26. The molecule has 0 unspecified atom stereocenters. The Kier molecular flexibility index (Phi) is 6.58. The lowest BCUT2D eigenvalue weighted by Crippen LogP contribution is -2.43. The van der Waals surface area contributed by atoms with E-state index in [0.29, 0.717) is 36.9 Å². The summed E-state index contributed by atoms with van der Waals surface area (Å²) < 4.78 is 11.1. The molecule has 2 aromatic carbocycles. The van der Waals surface area contributed by atoms with Crippen molar-refractivity contribution in [2.75, 3.05) is 56.7 Å². The minimum Gasteiger partial charge on any atom is -0.486 e. The summed E-state index contributed by atoms with van der Waals surface area (Å²) in [4.78, 5) is 30.0. The van der Waals surface area contributed by atoms with Crippen LogP contribution >= 0.6 is 0 Å². The maximum absolute atomic E-state index is 12.7. The number of hydrogen-bond acceptors (Lipinski definition) is 6. The van der Waals surface area contributed by atoms with Gasteiger partial charge in [0.2, 0.25) is 0 Å². The van der Waals surface area contributed by atoms with E-state index in [4.69, 9.17) is 9.47 Å². The maximum atomic E-state index is 12.7. The van der Waals surface area contributed by atoms with Gasteiger partial charge < -0.3 is 25.0 Å². The molecule has 2 N–H and O–H groups in total. The van der Waals surface area contributed by atoms with E-state index in [2.05, 4.69) is 45.7 Å². The predicted molar refractivity (Wildman–Crippen MR) is 131 cm³/mol. The van der Waals surface area contributed by atoms with Crippen LogP contribution < -0.4 is 25.0 Å². The zero-order valence-corrected chi connectivity index (χ0v) is 19.6. The summed E-state index contributed by atoms with van der Waals surface area (Å²) in [5.41, 5.74) is 4.33. The summed E-state index contributed by atoms with van der Waals surface area (Å²) in [7, 11) is 2.12. The lowest BCUT2D eigenvalue weighted by molar-refractivity contribution is -0.136. The molecule has 8 heteroatoms. The first-order valence-electron chi connectivity index (χ1n) is 12.2. The number of rotatable bonds is 5. The molecule has 180 valence electrons. The molecule has 0 aliphatic carbocycles. The van der Waals surface area contributed by atoms with Crippen LogP contribution in [0.3, 0.4) is 0 Å². The number of fused-ring (bicyclic) bond motifs is 2. The van der Waals surface area contributed by atoms with Crippen molar-refractivity contribution in [2.24, 2.45) is 0 Å². The molecule has 2 amide bonds. The van der Waals surface area contributed by atoms with E-state index in [9.17, 15) is 9.59 Å². The van der Waals surface area contributed by atoms with Crippen molar-refractivity contribution in [1.29, 1.82) is 0 Å². The largest absolute Gasteiger partial charge is 0.486 e. The number of nitrogens with one attached hydrogen (secondary N) is 2. The molecule has 1 atom stereocenters. The number of hydrogen-bond donors (Lipinski definition) is 2. The number of carbonyl (C=O) groups excluding carboxylic acids is 2. The molecule has 1 fully saturated rings. The molecule has 0 saturated carbocycles. The number of amides is 2. The summed E-state index contributed by atoms with van der Waals surface area (Å²) in [6.07, 6.45) is 4.59. The minimum absolute atomic E-state index is 0.0440. The van der Waals surface area contributed by atoms with Crippen LogP contribution in [0.5, 0.6) is 11.5 Å². The molecule has 0 spiro atoms. The van der Waals surface area contributed by atoms with Crippen molar-refractivity contribution in [1.82, 2.24) is 10.2 Å². The van der Waals surface area contributed by atoms with E-state index in [0.717, 1.165) is 38.9 Å². The standard InChI is InChI=1S/C26H32N4O4/c1-29-12-9-19-15-18(5-7-21(19)29)22(30-10-3-2-4-11-30)17-27-25(31)26(32)28-20-6-8-23-24(16-20)34-14-13-33-23/h5-8,15-16,22H,2-4,9-14,17H2,1H3,(H,27,31)(H,28,32)/t22-/m0/s1. The van der Waals surface area contributed by atoms with E-state index >= 15 is 0 Å². The second-order valence-corrected chi connectivity index (χ2v) is 9.19. The van der Waals surface area contributed by atoms with Crippen molar-refractivity contribution >= 4 is 23.2 Å². The van der Waals surface area contributed by atoms with Gasteiger partial charge in [-0.05, 0) is 61.7 Å². The van der Waals surface area contributed by atoms with Crippen LogP contribution in [0.15, 0.2) is 36.4 Å². The Hall–Kier alpha value is -3.26. The first kappa shape index (κ1) is 22.5. The molecule has 0 radical (unpaired) electrons. The van der Waals surface area contributed by atoms with Crippen LogP contribution in [0.25, 0.3) is 0 Å². The van der Waals surface area contributed by atoms with Gasteiger partial charge in [-0.1, -0.05) is 18.6 Å². The first-order valence-corrected chi connectivity index (χ1v) is 12.2. The summed E-state index contributed by atoms with van der Waals surface area (Å²) in [6, 6.07) is 11.8. The number of likely N-dealkylation sites (tertiary alicyclic amines) is 1. The highest BCUT2D eigenvalue weighted by Crippen LogP contribution is 2.33. The molecule has 8 nitrogen and oxygen atoms in total. The molecule has 3 aliphatic heterocycles. The smallest absolute Gasteiger partial charge is 0.313 e. The minimum atomic E-state index is -0.690. The third kappa shape index (κ3) is 4.82. The second-order valence-electron chi connectivity index (χ2n) is 9.19. The fraction of sp³-hybridized carbons (Fsp3) is 0.462. The summed E-state index contributed by atoms with van der Waals surface area (Å²) in [6.45, 7) is 4.38. The summed E-state index contributed by atoms with van der Waals surface area (Å²) in [5.74, 6) is -0.127. The highest BCUT2D eigenvalue weighted by atomic mass is 16.6. The molecule has 0 aromatic heterocycles. The molecular weight excluding hydrogens is 432 g/mol. The van der Waals surface area contributed by atoms with E-state index in [1.165, 1.54) is 23.2 Å². The number of benzene rings is 2. The van der Waals surface area contributed by atoms with Crippen molar-refractivity contribution < 1.29 is 19.1 Å². The lowest BCUT2D eigenvalue weighted by Gasteiger charge is -2.35. The Balaban J connectivity index is 1.25. The van der Waals surface area contributed by atoms with Crippen molar-refractivity contribution in [3.05, 3.63) is 47.5 Å². The quantitative estimate of drug-likeness (QED) is 0.662. The van der Waals surface area contributed by atoms with Gasteiger partial charge in [-0.3, -0.25) is 14.5 Å². The molecule has 3 heterocycles. The van der Waals surface area contributed by atoms with Crippen molar-refractivity contribution in [2.45, 2.75) is 31.7 Å². The zero-order chi connectivity index (χ0) is 23.5. The molecule has 1 saturated heterocycles. The van der Waals surface area contributed by atoms with Crippen LogP contribution in [0, 0.1) is 0 Å². The van der Waals surface area contributed by atoms with Crippen LogP contribution in [0.2, 0.25) is 0 Å². The van der Waals surface area contributed by atoms with Gasteiger partial charge in [0, 0.05) is 37.6 Å². The predicted octanol–water partition coefficient (Wildman–Crippen LogP) is 2.73. The maximum Gasteiger partial charge on any atom is 0.313 e. The van der Waals surface area contributed by atoms with Gasteiger partial charge in [0.1, 0.15) is 13.2 Å². The Morgan fingerprint density at radius 1 is 0.941 bits per heavy atom. The van der Waals surface area contributed by atoms with Gasteiger partial charge in [0.15, 0.2) is 11.5 Å². The molecule has 0 bridgehead atoms. The lowest BCUT2D eigenvalue weighted by atomic mass is 9.98. The van der Waals surface area contributed by atoms with Crippen molar-refractivity contribution in [3.63, 3.8) is 0 Å². The van der Waals surface area contributed by atoms with Crippen LogP contribution in [0.4, 0.5) is 11.4 Å². The zero-order valence-electron chi connectivity index (χ0n) is 19.6. The molecule has 34 heavy (non-hydrogen) atoms. The van der Waals surface area contributed by atoms with Gasteiger partial charge in [-0.15, -0.1) is 0 Å². The van der Waals surface area contributed by atoms with Crippen LogP contribution in [-0.4, -0.2) is 63.2 Å². The number of nitrogens with zero attached hydrogens (tertiary/aromatic N) is 2. The van der Waals surface area contributed by atoms with Crippen LogP contribution in [-0.2, 0) is 16.0 Å². The Morgan fingerprint density at radius 3 is 2.56 bits per heavy atom. The van der Waals surface area contributed by atoms with E-state index in [-0.39, 0.29) is 6.04 Å². The molecule has 3 aliphatic rings. The van der Waals surface area contributed by atoms with Gasteiger partial charge in [0.05, 0.1) is 6.04 Å². The van der Waals surface area contributed by atoms with Gasteiger partial charge in [0.25, 0.3) is 0 Å². The summed E-state index contributed by atoms with van der Waals surface area (Å²) >= 11 is 0. The molecule has 5 rings (SSSR count). The van der Waals surface area contributed by atoms with Gasteiger partial charge >= 0.3 is 11.8 Å². The first-order chi connectivity index (χ1) is 16.6. The van der Waals surface area contributed by atoms with E-state index < -0.39 is 11.8 Å². The van der Waals surface area contributed by atoms with Crippen molar-refractivity contribution in [3.8, 4) is 11.5 Å². The van der Waals surface area contributed by atoms with Crippen LogP contribution in [0.1, 0.15) is 36.4 Å². The third-order valence-corrected chi connectivity index (χ3v) is 6.91. The second kappa shape index (κ2) is 9.93. The monoisotopic (exact) mass is 464 g/mol. The molecule has 2 aromatic rings. The Morgan fingerprint density at radius 2 is 1.74 bits per heavy atom. The SMILES string of the molecule is CN1CCc2cc([C@H](CNC(=O)C(=O)Nc3ccc4c(c3)OCCO4)N3CCCCC3)ccc21. The average molecular weight is 465 g/mol. The van der Waals surface area contributed by atoms with Gasteiger partial charge in [-0.2, -0.15) is 0 Å². The number of likely N-dealkylation sites (N-methyl/N-ethyl adjacent to an activating group) is 1. The van der Waals surface area contributed by atoms with E-state index in [1.54, 1.807) is 18.2 Å². The number of ether oxygens (including phenoxy) is 2. The topological polar surface area (TPSA) is 83.1 Å². The highest BCUT2D eigenvalue weighted by molar-refractivity contribution is 6.39. The summed E-state index contributed by atoms with van der Waals surface area (Å²) in [5, 5.41) is 5.55. The fourth-order valence-electron chi connectivity index (χ4n) is 5.06. The Labute approximate surface area is 200 Å². The van der Waals surface area contributed by atoms with Gasteiger partial charge in [-0.25, -0.2) is 0 Å². The average Bonchev–Trinajstić information content (AvgIpc) is 3.24.